The summed E-state index contributed by atoms with van der Waals surface area (Å²) in [4.78, 5) is 29.2. The van der Waals surface area contributed by atoms with Crippen LogP contribution in [-0.2, 0) is 21.4 Å². The van der Waals surface area contributed by atoms with Gasteiger partial charge in [-0.05, 0) is 38.8 Å². The minimum atomic E-state index is -3.71. The minimum Gasteiger partial charge on any atom is -0.459 e. The number of piperidine rings is 1. The lowest BCUT2D eigenvalue weighted by Crippen LogP contribution is -2.54. The molecule has 0 aliphatic carbocycles. The lowest BCUT2D eigenvalue weighted by molar-refractivity contribution is -0.138. The number of piperazine rings is 1. The van der Waals surface area contributed by atoms with E-state index in [1.807, 2.05) is 6.92 Å². The van der Waals surface area contributed by atoms with E-state index < -0.39 is 10.0 Å². The second kappa shape index (κ2) is 9.07. The smallest absolute Gasteiger partial charge is 0.289 e. The third-order valence-corrected chi connectivity index (χ3v) is 8.16. The molecule has 4 rings (SSSR count). The summed E-state index contributed by atoms with van der Waals surface area (Å²) in [5.74, 6) is -0.317. The van der Waals surface area contributed by atoms with Crippen LogP contribution in [0.1, 0.15) is 36.0 Å². The Kier molecular flexibility index (Phi) is 6.38. The molecular formula is C21H29N5O5S. The van der Waals surface area contributed by atoms with E-state index in [-0.39, 0.29) is 29.2 Å². The van der Waals surface area contributed by atoms with Crippen LogP contribution >= 0.6 is 0 Å². The van der Waals surface area contributed by atoms with Gasteiger partial charge in [0.1, 0.15) is 4.90 Å². The maximum atomic E-state index is 13.2. The normalized spacial score (nSPS) is 20.5. The summed E-state index contributed by atoms with van der Waals surface area (Å²) >= 11 is 0. The molecule has 2 aliphatic heterocycles. The zero-order valence-corrected chi connectivity index (χ0v) is 19.3. The molecule has 174 valence electrons. The number of amides is 2. The average molecular weight is 464 g/mol. The van der Waals surface area contributed by atoms with E-state index in [0.29, 0.717) is 63.6 Å². The second-order valence-electron chi connectivity index (χ2n) is 8.23. The highest BCUT2D eigenvalue weighted by Gasteiger charge is 2.37. The zero-order chi connectivity index (χ0) is 22.9. The Labute approximate surface area is 187 Å². The van der Waals surface area contributed by atoms with Crippen molar-refractivity contribution in [2.75, 3.05) is 39.3 Å². The number of rotatable bonds is 5. The largest absolute Gasteiger partial charge is 0.459 e. The number of sulfonamides is 1. The molecule has 32 heavy (non-hydrogen) atoms. The number of aryl methyl sites for hydroxylation is 2. The fraction of sp³-hybridized carbons (Fsp3) is 0.571. The Morgan fingerprint density at radius 3 is 2.50 bits per heavy atom. The number of aromatic nitrogens is 2. The van der Waals surface area contributed by atoms with E-state index in [4.69, 9.17) is 4.42 Å². The molecule has 4 heterocycles. The summed E-state index contributed by atoms with van der Waals surface area (Å²) in [5, 5.41) is 4.25. The maximum absolute atomic E-state index is 13.2. The van der Waals surface area contributed by atoms with Gasteiger partial charge in [0.15, 0.2) is 5.76 Å². The second-order valence-corrected chi connectivity index (χ2v) is 10.1. The van der Waals surface area contributed by atoms with Crippen molar-refractivity contribution in [1.82, 2.24) is 23.9 Å². The van der Waals surface area contributed by atoms with Crippen LogP contribution in [0.3, 0.4) is 0 Å². The van der Waals surface area contributed by atoms with Crippen LogP contribution in [0.2, 0.25) is 0 Å². The lowest BCUT2D eigenvalue weighted by atomic mass is 9.97. The molecule has 0 spiro atoms. The van der Waals surface area contributed by atoms with E-state index >= 15 is 0 Å². The third-order valence-electron chi connectivity index (χ3n) is 6.19. The van der Waals surface area contributed by atoms with Crippen LogP contribution in [0.25, 0.3) is 0 Å². The van der Waals surface area contributed by atoms with Crippen LogP contribution in [0, 0.1) is 12.8 Å². The Bertz CT molecular complexity index is 1070. The van der Waals surface area contributed by atoms with Gasteiger partial charge in [-0.3, -0.25) is 14.3 Å². The van der Waals surface area contributed by atoms with Crippen molar-refractivity contribution in [1.29, 1.82) is 0 Å². The van der Waals surface area contributed by atoms with Gasteiger partial charge in [-0.15, -0.1) is 0 Å². The van der Waals surface area contributed by atoms with E-state index in [9.17, 15) is 18.0 Å². The highest BCUT2D eigenvalue weighted by atomic mass is 32.2. The van der Waals surface area contributed by atoms with Crippen molar-refractivity contribution in [3.8, 4) is 0 Å². The lowest BCUT2D eigenvalue weighted by Gasteiger charge is -2.38. The molecule has 0 radical (unpaired) electrons. The standard InChI is InChI=1S/C21H29N5O5S/c1-3-25-15-19(16(2)22-25)32(29,30)26-8-4-6-17(14-26)20(27)23-9-11-24(12-10-23)21(28)18-7-5-13-31-18/h5,7,13,15,17H,3-4,6,8-12,14H2,1-2H3/t17-/m0/s1. The van der Waals surface area contributed by atoms with Gasteiger partial charge in [0.25, 0.3) is 5.91 Å². The maximum Gasteiger partial charge on any atom is 0.289 e. The first-order chi connectivity index (χ1) is 15.3. The van der Waals surface area contributed by atoms with Gasteiger partial charge in [0.2, 0.25) is 15.9 Å². The van der Waals surface area contributed by atoms with Crippen molar-refractivity contribution in [3.63, 3.8) is 0 Å². The summed E-state index contributed by atoms with van der Waals surface area (Å²) in [5.41, 5.74) is 0.470. The van der Waals surface area contributed by atoms with Crippen molar-refractivity contribution in [3.05, 3.63) is 36.0 Å². The van der Waals surface area contributed by atoms with Crippen molar-refractivity contribution in [2.45, 2.75) is 38.1 Å². The van der Waals surface area contributed by atoms with Crippen LogP contribution in [0.15, 0.2) is 33.9 Å². The molecule has 0 unspecified atom stereocenters. The molecule has 11 heteroatoms. The molecule has 0 N–H and O–H groups in total. The first-order valence-corrected chi connectivity index (χ1v) is 12.4. The summed E-state index contributed by atoms with van der Waals surface area (Å²) in [6.45, 7) is 6.46. The molecule has 2 saturated heterocycles. The van der Waals surface area contributed by atoms with Gasteiger partial charge in [-0.1, -0.05) is 0 Å². The van der Waals surface area contributed by atoms with Crippen molar-refractivity contribution >= 4 is 21.8 Å². The molecule has 1 atom stereocenters. The highest BCUT2D eigenvalue weighted by molar-refractivity contribution is 7.89. The van der Waals surface area contributed by atoms with Gasteiger partial charge in [0, 0.05) is 52.0 Å². The zero-order valence-electron chi connectivity index (χ0n) is 18.4. The third kappa shape index (κ3) is 4.31. The molecule has 0 bridgehead atoms. The molecule has 0 aromatic carbocycles. The number of nitrogens with zero attached hydrogens (tertiary/aromatic N) is 5. The summed E-state index contributed by atoms with van der Waals surface area (Å²) < 4.78 is 34.6. The Morgan fingerprint density at radius 1 is 1.16 bits per heavy atom. The van der Waals surface area contributed by atoms with E-state index in [1.54, 1.807) is 39.7 Å². The quantitative estimate of drug-likeness (QED) is 0.659. The molecule has 2 aliphatic rings. The van der Waals surface area contributed by atoms with Crippen LogP contribution < -0.4 is 0 Å². The van der Waals surface area contributed by atoms with Crippen LogP contribution in [-0.4, -0.2) is 83.4 Å². The number of hydrogen-bond acceptors (Lipinski definition) is 6. The highest BCUT2D eigenvalue weighted by Crippen LogP contribution is 2.27. The van der Waals surface area contributed by atoms with Gasteiger partial charge in [0.05, 0.1) is 17.9 Å². The molecular weight excluding hydrogens is 434 g/mol. The molecule has 10 nitrogen and oxygen atoms in total. The van der Waals surface area contributed by atoms with Crippen molar-refractivity contribution < 1.29 is 22.4 Å². The number of carbonyl (C=O) groups is 2. The Morgan fingerprint density at radius 2 is 1.88 bits per heavy atom. The summed E-state index contributed by atoms with van der Waals surface area (Å²) in [7, 11) is -3.71. The van der Waals surface area contributed by atoms with E-state index in [2.05, 4.69) is 5.10 Å². The van der Waals surface area contributed by atoms with Gasteiger partial charge in [-0.2, -0.15) is 9.40 Å². The topological polar surface area (TPSA) is 109 Å². The Hall–Kier alpha value is -2.66. The van der Waals surface area contributed by atoms with Crippen LogP contribution in [0.5, 0.6) is 0 Å². The summed E-state index contributed by atoms with van der Waals surface area (Å²) in [6, 6.07) is 3.30. The Balaban J connectivity index is 1.38. The SMILES string of the molecule is CCn1cc(S(=O)(=O)N2CCC[C@H](C(=O)N3CCN(C(=O)c4ccco4)CC3)C2)c(C)n1. The fourth-order valence-corrected chi connectivity index (χ4v) is 6.05. The van der Waals surface area contributed by atoms with E-state index in [1.165, 1.54) is 10.6 Å². The fourth-order valence-electron chi connectivity index (χ4n) is 4.36. The molecule has 2 aromatic rings. The number of hydrogen-bond donors (Lipinski definition) is 0. The van der Waals surface area contributed by atoms with Crippen LogP contribution in [0.4, 0.5) is 0 Å². The summed E-state index contributed by atoms with van der Waals surface area (Å²) in [6.07, 6.45) is 4.31. The first kappa shape index (κ1) is 22.5. The number of furan rings is 1. The average Bonchev–Trinajstić information content (AvgIpc) is 3.48. The predicted molar refractivity (Wildman–Crippen MR) is 115 cm³/mol. The van der Waals surface area contributed by atoms with E-state index in [0.717, 1.165) is 0 Å². The first-order valence-electron chi connectivity index (χ1n) is 11.0. The van der Waals surface area contributed by atoms with Crippen molar-refractivity contribution in [2.24, 2.45) is 5.92 Å². The van der Waals surface area contributed by atoms with Gasteiger partial charge in [-0.25, -0.2) is 8.42 Å². The minimum absolute atomic E-state index is 0.0454. The number of carbonyl (C=O) groups excluding carboxylic acids is 2. The predicted octanol–water partition coefficient (Wildman–Crippen LogP) is 1.19. The molecule has 2 aromatic heterocycles. The molecule has 2 amide bonds. The molecule has 2 fully saturated rings. The monoisotopic (exact) mass is 463 g/mol. The molecule has 0 saturated carbocycles. The van der Waals surface area contributed by atoms with Gasteiger partial charge >= 0.3 is 0 Å². The van der Waals surface area contributed by atoms with Gasteiger partial charge < -0.3 is 14.2 Å².